The topological polar surface area (TPSA) is 53.5 Å². The molecule has 0 atom stereocenters. The quantitative estimate of drug-likeness (QED) is 0.762. The Morgan fingerprint density at radius 3 is 2.62 bits per heavy atom. The maximum absolute atomic E-state index is 12.7. The van der Waals surface area contributed by atoms with Crippen LogP contribution in [0.25, 0.3) is 0 Å². The number of carbonyl (C=O) groups is 2. The summed E-state index contributed by atoms with van der Waals surface area (Å²) in [5.41, 5.74) is 0.475. The van der Waals surface area contributed by atoms with E-state index < -0.39 is 0 Å². The van der Waals surface area contributed by atoms with Gasteiger partial charge in [0, 0.05) is 37.4 Å². The number of hydrogen-bond donors (Lipinski definition) is 0. The maximum Gasteiger partial charge on any atom is 0.273 e. The third kappa shape index (κ3) is 4.27. The molecule has 0 bridgehead atoms. The number of piperidine rings is 1. The summed E-state index contributed by atoms with van der Waals surface area (Å²) in [7, 11) is 1.69. The van der Waals surface area contributed by atoms with Crippen molar-refractivity contribution in [1.82, 2.24) is 14.8 Å². The van der Waals surface area contributed by atoms with Gasteiger partial charge < -0.3 is 9.80 Å². The van der Waals surface area contributed by atoms with E-state index in [1.807, 2.05) is 10.3 Å². The van der Waals surface area contributed by atoms with Crippen LogP contribution >= 0.6 is 11.3 Å². The number of terminal acetylenes is 1. The fourth-order valence-electron chi connectivity index (χ4n) is 3.93. The zero-order valence-electron chi connectivity index (χ0n) is 15.4. The summed E-state index contributed by atoms with van der Waals surface area (Å²) < 4.78 is 0. The Hall–Kier alpha value is -1.87. The molecule has 1 saturated carbocycles. The van der Waals surface area contributed by atoms with Crippen LogP contribution in [0.15, 0.2) is 5.38 Å². The molecule has 1 aromatic heterocycles. The van der Waals surface area contributed by atoms with Crippen LogP contribution in [-0.2, 0) is 4.79 Å². The number of amides is 2. The normalized spacial score (nSPS) is 19.2. The first-order chi connectivity index (χ1) is 12.6. The van der Waals surface area contributed by atoms with Crippen molar-refractivity contribution in [2.24, 2.45) is 5.92 Å². The van der Waals surface area contributed by atoms with Gasteiger partial charge in [0.05, 0.1) is 11.6 Å². The molecule has 2 fully saturated rings. The first-order valence-electron chi connectivity index (χ1n) is 9.53. The zero-order valence-corrected chi connectivity index (χ0v) is 16.3. The molecule has 1 aliphatic heterocycles. The molecule has 5 nitrogen and oxygen atoms in total. The van der Waals surface area contributed by atoms with E-state index in [4.69, 9.17) is 6.42 Å². The van der Waals surface area contributed by atoms with Crippen LogP contribution in [0.4, 0.5) is 0 Å². The lowest BCUT2D eigenvalue weighted by atomic mass is 9.87. The van der Waals surface area contributed by atoms with E-state index in [-0.39, 0.29) is 18.4 Å². The Balaban J connectivity index is 1.54. The molecular formula is C20H27N3O2S. The van der Waals surface area contributed by atoms with Gasteiger partial charge in [-0.3, -0.25) is 9.59 Å². The number of nitrogens with zero attached hydrogens (tertiary/aromatic N) is 3. The molecule has 6 heteroatoms. The van der Waals surface area contributed by atoms with Crippen molar-refractivity contribution in [2.75, 3.05) is 26.7 Å². The Morgan fingerprint density at radius 1 is 1.27 bits per heavy atom. The predicted molar refractivity (Wildman–Crippen MR) is 103 cm³/mol. The highest BCUT2D eigenvalue weighted by Gasteiger charge is 2.30. The number of likely N-dealkylation sites (tertiary alicyclic amines) is 1. The van der Waals surface area contributed by atoms with Gasteiger partial charge in [-0.15, -0.1) is 17.8 Å². The van der Waals surface area contributed by atoms with E-state index in [9.17, 15) is 9.59 Å². The highest BCUT2D eigenvalue weighted by atomic mass is 32.1. The fraction of sp³-hybridized carbons (Fsp3) is 0.650. The van der Waals surface area contributed by atoms with Gasteiger partial charge in [0.1, 0.15) is 5.69 Å². The summed E-state index contributed by atoms with van der Waals surface area (Å²) in [5, 5.41) is 2.83. The minimum atomic E-state index is -0.129. The number of aromatic nitrogens is 1. The SMILES string of the molecule is C#CCN(C)C(=O)c1csc(C2CCN(C(=O)C3CCCCC3)CC2)n1. The van der Waals surface area contributed by atoms with Crippen LogP contribution < -0.4 is 0 Å². The van der Waals surface area contributed by atoms with Gasteiger partial charge in [0.25, 0.3) is 5.91 Å². The van der Waals surface area contributed by atoms with Gasteiger partial charge in [-0.2, -0.15) is 0 Å². The van der Waals surface area contributed by atoms with Crippen molar-refractivity contribution >= 4 is 23.2 Å². The van der Waals surface area contributed by atoms with Crippen LogP contribution in [0.2, 0.25) is 0 Å². The van der Waals surface area contributed by atoms with Crippen LogP contribution in [-0.4, -0.2) is 53.3 Å². The average molecular weight is 374 g/mol. The summed E-state index contributed by atoms with van der Waals surface area (Å²) >= 11 is 1.54. The summed E-state index contributed by atoms with van der Waals surface area (Å²) in [4.78, 5) is 33.0. The van der Waals surface area contributed by atoms with Gasteiger partial charge in [0.2, 0.25) is 5.91 Å². The molecule has 2 amide bonds. The second-order valence-electron chi connectivity index (χ2n) is 7.37. The molecule has 1 aliphatic carbocycles. The Kier molecular flexibility index (Phi) is 6.31. The molecule has 1 aromatic rings. The molecule has 0 radical (unpaired) electrons. The van der Waals surface area contributed by atoms with Crippen LogP contribution in [0.1, 0.15) is 66.4 Å². The van der Waals surface area contributed by atoms with Crippen molar-refractivity contribution in [3.63, 3.8) is 0 Å². The van der Waals surface area contributed by atoms with Crippen molar-refractivity contribution in [3.8, 4) is 12.3 Å². The molecule has 0 unspecified atom stereocenters. The molecule has 3 rings (SSSR count). The number of hydrogen-bond acceptors (Lipinski definition) is 4. The van der Waals surface area contributed by atoms with E-state index in [0.29, 0.717) is 17.5 Å². The van der Waals surface area contributed by atoms with Crippen molar-refractivity contribution < 1.29 is 9.59 Å². The number of rotatable bonds is 4. The van der Waals surface area contributed by atoms with Crippen LogP contribution in [0.3, 0.4) is 0 Å². The van der Waals surface area contributed by atoms with Crippen molar-refractivity contribution in [1.29, 1.82) is 0 Å². The second-order valence-corrected chi connectivity index (χ2v) is 8.26. The summed E-state index contributed by atoms with van der Waals surface area (Å²) in [6.07, 6.45) is 12.9. The predicted octanol–water partition coefficient (Wildman–Crippen LogP) is 3.13. The molecule has 0 N–H and O–H groups in total. The summed E-state index contributed by atoms with van der Waals surface area (Å²) in [5.74, 6) is 3.29. The van der Waals surface area contributed by atoms with Gasteiger partial charge in [-0.05, 0) is 25.7 Å². The molecule has 1 saturated heterocycles. The number of carbonyl (C=O) groups excluding carboxylic acids is 2. The first-order valence-corrected chi connectivity index (χ1v) is 10.4. The van der Waals surface area contributed by atoms with Gasteiger partial charge >= 0.3 is 0 Å². The summed E-state index contributed by atoms with van der Waals surface area (Å²) in [6.45, 7) is 1.90. The minimum absolute atomic E-state index is 0.129. The largest absolute Gasteiger partial charge is 0.342 e. The highest BCUT2D eigenvalue weighted by molar-refractivity contribution is 7.09. The van der Waals surface area contributed by atoms with Crippen molar-refractivity contribution in [3.05, 3.63) is 16.1 Å². The average Bonchev–Trinajstić information content (AvgIpc) is 3.18. The van der Waals surface area contributed by atoms with Crippen molar-refractivity contribution in [2.45, 2.75) is 50.9 Å². The Bertz CT molecular complexity index is 679. The monoisotopic (exact) mass is 373 g/mol. The van der Waals surface area contributed by atoms with E-state index in [0.717, 1.165) is 43.8 Å². The minimum Gasteiger partial charge on any atom is -0.342 e. The first kappa shape index (κ1) is 18.9. The molecule has 0 aromatic carbocycles. The lowest BCUT2D eigenvalue weighted by molar-refractivity contribution is -0.137. The van der Waals surface area contributed by atoms with Crippen LogP contribution in [0, 0.1) is 18.3 Å². The lowest BCUT2D eigenvalue weighted by Crippen LogP contribution is -2.41. The molecule has 2 heterocycles. The van der Waals surface area contributed by atoms with E-state index in [1.165, 1.54) is 24.2 Å². The molecule has 26 heavy (non-hydrogen) atoms. The molecular weight excluding hydrogens is 346 g/mol. The highest BCUT2D eigenvalue weighted by Crippen LogP contribution is 2.32. The number of thiazole rings is 1. The maximum atomic E-state index is 12.7. The molecule has 0 spiro atoms. The smallest absolute Gasteiger partial charge is 0.273 e. The third-order valence-electron chi connectivity index (χ3n) is 5.53. The summed E-state index contributed by atoms with van der Waals surface area (Å²) in [6, 6.07) is 0. The zero-order chi connectivity index (χ0) is 18.5. The van der Waals surface area contributed by atoms with E-state index in [1.54, 1.807) is 18.4 Å². The second kappa shape index (κ2) is 8.68. The Morgan fingerprint density at radius 2 is 1.96 bits per heavy atom. The van der Waals surface area contributed by atoms with Gasteiger partial charge in [0.15, 0.2) is 0 Å². The lowest BCUT2D eigenvalue weighted by Gasteiger charge is -2.34. The standard InChI is InChI=1S/C20H27N3O2S/c1-3-11-22(2)20(25)17-14-26-18(21-17)15-9-12-23(13-10-15)19(24)16-7-5-4-6-8-16/h1,14-16H,4-13H2,2H3. The van der Waals surface area contributed by atoms with E-state index in [2.05, 4.69) is 10.9 Å². The third-order valence-corrected chi connectivity index (χ3v) is 6.53. The van der Waals surface area contributed by atoms with Gasteiger partial charge in [-0.25, -0.2) is 4.98 Å². The molecule has 2 aliphatic rings. The molecule has 140 valence electrons. The fourth-order valence-corrected chi connectivity index (χ4v) is 4.90. The van der Waals surface area contributed by atoms with E-state index >= 15 is 0 Å². The Labute approximate surface area is 159 Å². The van der Waals surface area contributed by atoms with Gasteiger partial charge in [-0.1, -0.05) is 25.2 Å². The van der Waals surface area contributed by atoms with Crippen LogP contribution in [0.5, 0.6) is 0 Å².